The number of carbonyl (C=O) groups is 1. The molecule has 9 heteroatoms. The van der Waals surface area contributed by atoms with Gasteiger partial charge in [0.05, 0.1) is 17.3 Å². The maximum absolute atomic E-state index is 11.8. The van der Waals surface area contributed by atoms with Crippen LogP contribution in [0, 0.1) is 34.0 Å². The normalized spacial score (nSPS) is 13.0. The zero-order chi connectivity index (χ0) is 19.8. The van der Waals surface area contributed by atoms with Gasteiger partial charge < -0.3 is 19.9 Å². The predicted octanol–water partition coefficient (Wildman–Crippen LogP) is 2.86. The Morgan fingerprint density at radius 3 is 2.37 bits per heavy atom. The van der Waals surface area contributed by atoms with Gasteiger partial charge in [0.15, 0.2) is 5.57 Å². The zero-order valence-corrected chi connectivity index (χ0v) is 15.5. The summed E-state index contributed by atoms with van der Waals surface area (Å²) in [6.07, 6.45) is -0.315. The molecule has 1 heterocycles. The number of nitriles is 3. The van der Waals surface area contributed by atoms with Crippen LogP contribution in [0.1, 0.15) is 6.92 Å². The Balaban J connectivity index is 2.09. The first kappa shape index (κ1) is 19.9. The molecule has 0 radical (unpaired) electrons. The lowest BCUT2D eigenvalue weighted by atomic mass is 10.2. The number of anilines is 2. The van der Waals surface area contributed by atoms with Gasteiger partial charge in [-0.3, -0.25) is 0 Å². The highest BCUT2D eigenvalue weighted by molar-refractivity contribution is 6.33. The summed E-state index contributed by atoms with van der Waals surface area (Å²) in [6, 6.07) is 10.3. The van der Waals surface area contributed by atoms with Crippen LogP contribution in [-0.4, -0.2) is 43.8 Å². The van der Waals surface area contributed by atoms with E-state index in [1.54, 1.807) is 48.2 Å². The molecule has 0 atom stereocenters. The number of hydrogen-bond acceptors (Lipinski definition) is 7. The minimum absolute atomic E-state index is 0.133. The van der Waals surface area contributed by atoms with Crippen molar-refractivity contribution in [3.63, 3.8) is 0 Å². The highest BCUT2D eigenvalue weighted by Gasteiger charge is 2.23. The minimum atomic E-state index is -0.315. The number of amides is 1. The minimum Gasteiger partial charge on any atom is -0.450 e. The molecule has 0 aliphatic carbocycles. The molecule has 1 fully saturated rings. The predicted molar refractivity (Wildman–Crippen MR) is 99.7 cm³/mol. The summed E-state index contributed by atoms with van der Waals surface area (Å²) in [5, 5.41) is 30.0. The van der Waals surface area contributed by atoms with Crippen LogP contribution < -0.4 is 10.2 Å². The second kappa shape index (κ2) is 9.33. The quantitative estimate of drug-likeness (QED) is 0.793. The van der Waals surface area contributed by atoms with E-state index in [1.165, 1.54) is 0 Å². The van der Waals surface area contributed by atoms with Crippen molar-refractivity contribution in [1.29, 1.82) is 15.8 Å². The van der Waals surface area contributed by atoms with Crippen molar-refractivity contribution in [1.82, 2.24) is 4.90 Å². The lowest BCUT2D eigenvalue weighted by Crippen LogP contribution is -2.49. The maximum atomic E-state index is 11.8. The van der Waals surface area contributed by atoms with Crippen LogP contribution in [0.2, 0.25) is 5.02 Å². The van der Waals surface area contributed by atoms with Crippen molar-refractivity contribution in [3.8, 4) is 18.2 Å². The standard InChI is InChI=1S/C18H17ClN6O2/c1-2-27-18(26)25-7-5-24(6-8-25)17-4-3-14(9-15(17)19)23-16(12-22)13(10-20)11-21/h3-4,9,23H,2,5-8H2,1H3. The number of allylic oxidation sites excluding steroid dienone is 2. The summed E-state index contributed by atoms with van der Waals surface area (Å²) >= 11 is 6.37. The molecule has 0 unspecified atom stereocenters. The Morgan fingerprint density at radius 1 is 1.19 bits per heavy atom. The average Bonchev–Trinajstić information content (AvgIpc) is 2.68. The number of nitrogens with zero attached hydrogens (tertiary/aromatic N) is 5. The van der Waals surface area contributed by atoms with E-state index in [0.29, 0.717) is 43.5 Å². The summed E-state index contributed by atoms with van der Waals surface area (Å²) < 4.78 is 5.00. The number of ether oxygens (including phenoxy) is 1. The molecular weight excluding hydrogens is 368 g/mol. The zero-order valence-electron chi connectivity index (χ0n) is 14.7. The van der Waals surface area contributed by atoms with E-state index in [-0.39, 0.29) is 17.4 Å². The molecule has 1 amide bonds. The van der Waals surface area contributed by atoms with E-state index >= 15 is 0 Å². The first-order valence-electron chi connectivity index (χ1n) is 8.21. The van der Waals surface area contributed by atoms with E-state index in [2.05, 4.69) is 10.2 Å². The van der Waals surface area contributed by atoms with Gasteiger partial charge in [0.1, 0.15) is 23.9 Å². The van der Waals surface area contributed by atoms with Gasteiger partial charge in [-0.15, -0.1) is 0 Å². The molecule has 1 aliphatic heterocycles. The summed E-state index contributed by atoms with van der Waals surface area (Å²) in [5.41, 5.74) is 0.863. The number of halogens is 1. The van der Waals surface area contributed by atoms with Crippen LogP contribution in [0.5, 0.6) is 0 Å². The van der Waals surface area contributed by atoms with Gasteiger partial charge in [0.25, 0.3) is 0 Å². The Bertz CT molecular complexity index is 853. The van der Waals surface area contributed by atoms with E-state index in [4.69, 9.17) is 32.1 Å². The molecule has 1 aromatic rings. The molecule has 2 rings (SSSR count). The van der Waals surface area contributed by atoms with Gasteiger partial charge >= 0.3 is 6.09 Å². The summed E-state index contributed by atoms with van der Waals surface area (Å²) in [6.45, 7) is 4.40. The molecule has 1 saturated heterocycles. The third-order valence-electron chi connectivity index (χ3n) is 3.95. The maximum Gasteiger partial charge on any atom is 0.409 e. The van der Waals surface area contributed by atoms with Crippen LogP contribution in [0.4, 0.5) is 16.2 Å². The highest BCUT2D eigenvalue weighted by atomic mass is 35.5. The number of hydrogen-bond donors (Lipinski definition) is 1. The fourth-order valence-corrected chi connectivity index (χ4v) is 2.91. The number of carbonyl (C=O) groups excluding carboxylic acids is 1. The summed E-state index contributed by atoms with van der Waals surface area (Å²) in [4.78, 5) is 15.5. The lowest BCUT2D eigenvalue weighted by Gasteiger charge is -2.35. The molecule has 0 saturated carbocycles. The van der Waals surface area contributed by atoms with Crippen molar-refractivity contribution in [2.75, 3.05) is 43.0 Å². The van der Waals surface area contributed by atoms with E-state index in [1.807, 2.05) is 0 Å². The van der Waals surface area contributed by atoms with Gasteiger partial charge in [-0.25, -0.2) is 4.79 Å². The smallest absolute Gasteiger partial charge is 0.409 e. The van der Waals surface area contributed by atoms with Crippen LogP contribution in [-0.2, 0) is 4.74 Å². The largest absolute Gasteiger partial charge is 0.450 e. The first-order chi connectivity index (χ1) is 13.0. The van der Waals surface area contributed by atoms with Crippen LogP contribution in [0.3, 0.4) is 0 Å². The Morgan fingerprint density at radius 2 is 1.85 bits per heavy atom. The molecule has 8 nitrogen and oxygen atoms in total. The van der Waals surface area contributed by atoms with Crippen LogP contribution in [0.15, 0.2) is 29.5 Å². The molecule has 27 heavy (non-hydrogen) atoms. The van der Waals surface area contributed by atoms with Gasteiger partial charge in [0, 0.05) is 31.9 Å². The third kappa shape index (κ3) is 4.82. The van der Waals surface area contributed by atoms with Crippen molar-refractivity contribution < 1.29 is 9.53 Å². The number of piperazine rings is 1. The number of benzene rings is 1. The van der Waals surface area contributed by atoms with Crippen molar-refractivity contribution in [2.45, 2.75) is 6.92 Å². The Labute approximate surface area is 162 Å². The third-order valence-corrected chi connectivity index (χ3v) is 4.25. The monoisotopic (exact) mass is 384 g/mol. The fraction of sp³-hybridized carbons (Fsp3) is 0.333. The second-order valence-corrected chi connectivity index (χ2v) is 5.96. The molecule has 0 spiro atoms. The molecule has 1 aromatic carbocycles. The van der Waals surface area contributed by atoms with Crippen molar-refractivity contribution >= 4 is 29.1 Å². The number of nitrogens with one attached hydrogen (secondary N) is 1. The van der Waals surface area contributed by atoms with Gasteiger partial charge in [-0.1, -0.05) is 11.6 Å². The molecule has 1 N–H and O–H groups in total. The highest BCUT2D eigenvalue weighted by Crippen LogP contribution is 2.30. The Kier molecular flexibility index (Phi) is 6.88. The molecular formula is C18H17ClN6O2. The molecule has 1 aliphatic rings. The first-order valence-corrected chi connectivity index (χ1v) is 8.59. The second-order valence-electron chi connectivity index (χ2n) is 5.55. The van der Waals surface area contributed by atoms with Crippen molar-refractivity contribution in [3.05, 3.63) is 34.5 Å². The number of rotatable bonds is 4. The van der Waals surface area contributed by atoms with Crippen molar-refractivity contribution in [2.24, 2.45) is 0 Å². The van der Waals surface area contributed by atoms with Crippen LogP contribution >= 0.6 is 11.6 Å². The molecule has 0 aromatic heterocycles. The van der Waals surface area contributed by atoms with E-state index in [0.717, 1.165) is 5.69 Å². The SMILES string of the molecule is CCOC(=O)N1CCN(c2ccc(NC(C#N)=C(C#N)C#N)cc2Cl)CC1. The van der Waals surface area contributed by atoms with Gasteiger partial charge in [-0.2, -0.15) is 15.8 Å². The topological polar surface area (TPSA) is 116 Å². The van der Waals surface area contributed by atoms with Gasteiger partial charge in [-0.05, 0) is 25.1 Å². The van der Waals surface area contributed by atoms with Gasteiger partial charge in [0.2, 0.25) is 0 Å². The Hall–Kier alpha value is -3.41. The van der Waals surface area contributed by atoms with E-state index in [9.17, 15) is 4.79 Å². The van der Waals surface area contributed by atoms with Crippen LogP contribution in [0.25, 0.3) is 0 Å². The summed E-state index contributed by atoms with van der Waals surface area (Å²) in [5.74, 6) is 0. The molecule has 138 valence electrons. The molecule has 0 bridgehead atoms. The lowest BCUT2D eigenvalue weighted by molar-refractivity contribution is 0.105. The average molecular weight is 385 g/mol. The summed E-state index contributed by atoms with van der Waals surface area (Å²) in [7, 11) is 0. The van der Waals surface area contributed by atoms with E-state index < -0.39 is 0 Å². The fourth-order valence-electron chi connectivity index (χ4n) is 2.61.